The van der Waals surface area contributed by atoms with E-state index >= 15 is 0 Å². The van der Waals surface area contributed by atoms with Gasteiger partial charge in [-0.05, 0) is 42.1 Å². The van der Waals surface area contributed by atoms with Crippen LogP contribution in [0.2, 0.25) is 0 Å². The fourth-order valence-electron chi connectivity index (χ4n) is 3.10. The first kappa shape index (κ1) is 19.7. The van der Waals surface area contributed by atoms with Crippen LogP contribution in [0.3, 0.4) is 0 Å². The number of nitrogens with one attached hydrogen (secondary N) is 1. The molecule has 1 unspecified atom stereocenters. The normalized spacial score (nSPS) is 17.3. The van der Waals surface area contributed by atoms with E-state index in [1.165, 1.54) is 6.20 Å². The summed E-state index contributed by atoms with van der Waals surface area (Å²) >= 11 is 0. The van der Waals surface area contributed by atoms with Crippen LogP contribution in [-0.2, 0) is 11.3 Å². The molecule has 1 saturated heterocycles. The SMILES string of the molecule is CCOc1c(C#N)cnc2ccc(C=S3CC(=O)NC3=NCc3ccccn3)cc12. The second-order valence-corrected chi connectivity index (χ2v) is 8.27. The molecule has 7 nitrogen and oxygen atoms in total. The van der Waals surface area contributed by atoms with Crippen molar-refractivity contribution in [1.82, 2.24) is 15.3 Å². The average molecular weight is 417 g/mol. The summed E-state index contributed by atoms with van der Waals surface area (Å²) in [5, 5.41) is 15.7. The highest BCUT2D eigenvalue weighted by Gasteiger charge is 2.21. The molecule has 1 N–H and O–H groups in total. The minimum Gasteiger partial charge on any atom is -0.492 e. The van der Waals surface area contributed by atoms with Crippen molar-refractivity contribution in [3.8, 4) is 11.8 Å². The molecule has 4 rings (SSSR count). The van der Waals surface area contributed by atoms with Crippen molar-refractivity contribution in [2.24, 2.45) is 4.99 Å². The number of amidine groups is 1. The molecule has 0 saturated carbocycles. The lowest BCUT2D eigenvalue weighted by molar-refractivity contribution is -0.116. The van der Waals surface area contributed by atoms with Gasteiger partial charge in [0, 0.05) is 17.8 Å². The lowest BCUT2D eigenvalue weighted by Gasteiger charge is -2.10. The number of amides is 1. The maximum Gasteiger partial charge on any atom is 0.235 e. The summed E-state index contributed by atoms with van der Waals surface area (Å²) in [6.45, 7) is 2.75. The van der Waals surface area contributed by atoms with E-state index in [-0.39, 0.29) is 5.91 Å². The van der Waals surface area contributed by atoms with Crippen molar-refractivity contribution in [2.45, 2.75) is 13.5 Å². The minimum absolute atomic E-state index is 0.0430. The quantitative estimate of drug-likeness (QED) is 0.643. The molecule has 1 aromatic carbocycles. The average Bonchev–Trinajstić information content (AvgIpc) is 3.12. The summed E-state index contributed by atoms with van der Waals surface area (Å²) in [6.07, 6.45) is 3.25. The van der Waals surface area contributed by atoms with Gasteiger partial charge in [0.25, 0.3) is 0 Å². The van der Waals surface area contributed by atoms with Crippen LogP contribution in [-0.4, -0.2) is 38.8 Å². The number of hydrogen-bond donors (Lipinski definition) is 1. The first-order valence-electron chi connectivity index (χ1n) is 9.42. The van der Waals surface area contributed by atoms with E-state index in [0.29, 0.717) is 35.4 Å². The Morgan fingerprint density at radius 2 is 2.23 bits per heavy atom. The first-order valence-corrected chi connectivity index (χ1v) is 10.9. The van der Waals surface area contributed by atoms with Crippen LogP contribution < -0.4 is 10.1 Å². The zero-order valence-corrected chi connectivity index (χ0v) is 17.1. The van der Waals surface area contributed by atoms with Gasteiger partial charge in [-0.2, -0.15) is 5.26 Å². The molecular weight excluding hydrogens is 398 g/mol. The van der Waals surface area contributed by atoms with Gasteiger partial charge in [-0.15, -0.1) is 10.5 Å². The number of carbonyl (C=O) groups is 1. The number of rotatable bonds is 5. The van der Waals surface area contributed by atoms with Crippen LogP contribution >= 0.6 is 10.5 Å². The van der Waals surface area contributed by atoms with Crippen LogP contribution in [0.1, 0.15) is 23.7 Å². The monoisotopic (exact) mass is 417 g/mol. The van der Waals surface area contributed by atoms with E-state index in [1.807, 2.05) is 48.7 Å². The second kappa shape index (κ2) is 8.84. The van der Waals surface area contributed by atoms with E-state index < -0.39 is 10.5 Å². The Hall–Kier alpha value is -3.57. The van der Waals surface area contributed by atoms with Gasteiger partial charge >= 0.3 is 0 Å². The van der Waals surface area contributed by atoms with Crippen LogP contribution in [0.5, 0.6) is 5.75 Å². The van der Waals surface area contributed by atoms with E-state index in [9.17, 15) is 10.1 Å². The highest BCUT2D eigenvalue weighted by atomic mass is 32.2. The number of carbonyl (C=O) groups excluding carboxylic acids is 1. The summed E-state index contributed by atoms with van der Waals surface area (Å²) in [5.41, 5.74) is 2.92. The highest BCUT2D eigenvalue weighted by Crippen LogP contribution is 2.30. The van der Waals surface area contributed by atoms with Gasteiger partial charge in [0.05, 0.1) is 30.1 Å². The molecule has 2 aromatic heterocycles. The topological polar surface area (TPSA) is 100 Å². The third kappa shape index (κ3) is 4.21. The Bertz CT molecular complexity index is 1220. The molecular formula is C22H19N5O2S. The lowest BCUT2D eigenvalue weighted by atomic mass is 10.1. The Morgan fingerprint density at radius 1 is 1.33 bits per heavy atom. The van der Waals surface area contributed by atoms with E-state index in [1.54, 1.807) is 6.20 Å². The van der Waals surface area contributed by atoms with Crippen LogP contribution in [0, 0.1) is 11.3 Å². The van der Waals surface area contributed by atoms with Crippen LogP contribution in [0.25, 0.3) is 10.9 Å². The summed E-state index contributed by atoms with van der Waals surface area (Å²) in [5.74, 6) is 0.861. The molecule has 3 heterocycles. The Kier molecular flexibility index (Phi) is 5.82. The zero-order chi connectivity index (χ0) is 20.9. The molecule has 1 fully saturated rings. The molecule has 1 amide bonds. The Labute approximate surface area is 176 Å². The molecule has 1 atom stereocenters. The van der Waals surface area contributed by atoms with Crippen molar-refractivity contribution in [3.05, 3.63) is 65.6 Å². The van der Waals surface area contributed by atoms with E-state index in [0.717, 1.165) is 22.2 Å². The molecule has 0 bridgehead atoms. The van der Waals surface area contributed by atoms with Crippen molar-refractivity contribution in [1.29, 1.82) is 5.26 Å². The summed E-state index contributed by atoms with van der Waals surface area (Å²) in [7, 11) is -0.470. The van der Waals surface area contributed by atoms with Crippen molar-refractivity contribution >= 4 is 37.8 Å². The van der Waals surface area contributed by atoms with E-state index in [2.05, 4.69) is 26.3 Å². The molecule has 1 aliphatic heterocycles. The molecule has 0 aliphatic carbocycles. The fourth-order valence-corrected chi connectivity index (χ4v) is 4.73. The van der Waals surface area contributed by atoms with Crippen molar-refractivity contribution in [3.63, 3.8) is 0 Å². The van der Waals surface area contributed by atoms with Crippen LogP contribution in [0.15, 0.2) is 53.8 Å². The lowest BCUT2D eigenvalue weighted by Crippen LogP contribution is -2.20. The number of nitrogens with zero attached hydrogens (tertiary/aromatic N) is 4. The molecule has 30 heavy (non-hydrogen) atoms. The summed E-state index contributed by atoms with van der Waals surface area (Å²) < 4.78 is 5.72. The Morgan fingerprint density at radius 3 is 3.00 bits per heavy atom. The second-order valence-electron chi connectivity index (χ2n) is 6.50. The number of aromatic nitrogens is 2. The highest BCUT2D eigenvalue weighted by molar-refractivity contribution is 8.29. The van der Waals surface area contributed by atoms with Gasteiger partial charge < -0.3 is 10.1 Å². The van der Waals surface area contributed by atoms with Crippen molar-refractivity contribution in [2.75, 3.05) is 12.4 Å². The summed E-state index contributed by atoms with van der Waals surface area (Å²) in [4.78, 5) is 25.2. The number of nitriles is 1. The number of fused-ring (bicyclic) bond motifs is 1. The molecule has 0 spiro atoms. The third-order valence-electron chi connectivity index (χ3n) is 4.42. The standard InChI is InChI=1S/C22H19N5O2S/c1-2-29-21-16(10-23)11-25-19-7-6-15(9-18(19)21)13-30-14-20(28)27-22(30)26-12-17-5-3-4-8-24-17/h3-9,11,13H,2,12,14H2,1H3,(H,26,27,28). The number of benzene rings is 1. The maximum atomic E-state index is 12.0. The predicted molar refractivity (Wildman–Crippen MR) is 119 cm³/mol. The number of hydrogen-bond acceptors (Lipinski definition) is 6. The molecule has 3 aromatic rings. The number of aliphatic imine (C=N–C) groups is 1. The Balaban J connectivity index is 1.71. The number of pyridine rings is 2. The first-order chi connectivity index (χ1) is 14.7. The van der Waals surface area contributed by atoms with Gasteiger partial charge in [0.15, 0.2) is 5.17 Å². The van der Waals surface area contributed by atoms with Gasteiger partial charge in [0.2, 0.25) is 5.91 Å². The maximum absolute atomic E-state index is 12.0. The molecule has 150 valence electrons. The summed E-state index contributed by atoms with van der Waals surface area (Å²) in [6, 6.07) is 13.6. The van der Waals surface area contributed by atoms with Gasteiger partial charge in [-0.3, -0.25) is 19.8 Å². The van der Waals surface area contributed by atoms with Gasteiger partial charge in [0.1, 0.15) is 17.4 Å². The minimum atomic E-state index is -0.470. The van der Waals surface area contributed by atoms with E-state index in [4.69, 9.17) is 4.74 Å². The molecule has 8 heteroatoms. The van der Waals surface area contributed by atoms with Crippen LogP contribution in [0.4, 0.5) is 0 Å². The number of ether oxygens (including phenoxy) is 1. The zero-order valence-electron chi connectivity index (χ0n) is 16.3. The third-order valence-corrected chi connectivity index (χ3v) is 6.28. The predicted octanol–water partition coefficient (Wildman–Crippen LogP) is 3.01. The van der Waals surface area contributed by atoms with Gasteiger partial charge in [-0.1, -0.05) is 12.1 Å². The van der Waals surface area contributed by atoms with Gasteiger partial charge in [-0.25, -0.2) is 0 Å². The fraction of sp³-hybridized carbons (Fsp3) is 0.182. The molecule has 0 radical (unpaired) electrons. The van der Waals surface area contributed by atoms with Crippen molar-refractivity contribution < 1.29 is 9.53 Å². The smallest absolute Gasteiger partial charge is 0.235 e. The largest absolute Gasteiger partial charge is 0.492 e. The molecule has 1 aliphatic rings.